The maximum absolute atomic E-state index is 12.5. The number of rotatable bonds is 4. The van der Waals surface area contributed by atoms with Crippen LogP contribution in [0.2, 0.25) is 0 Å². The van der Waals surface area contributed by atoms with Gasteiger partial charge in [0.05, 0.1) is 6.10 Å². The van der Waals surface area contributed by atoms with E-state index >= 15 is 0 Å². The van der Waals surface area contributed by atoms with E-state index in [9.17, 15) is 4.79 Å². The Morgan fingerprint density at radius 3 is 2.71 bits per heavy atom. The van der Waals surface area contributed by atoms with E-state index in [0.29, 0.717) is 6.54 Å². The fourth-order valence-corrected chi connectivity index (χ4v) is 2.92. The highest BCUT2D eigenvalue weighted by Gasteiger charge is 2.18. The van der Waals surface area contributed by atoms with E-state index in [0.717, 1.165) is 24.3 Å². The smallest absolute Gasteiger partial charge is 0.246 e. The first kappa shape index (κ1) is 16.3. The summed E-state index contributed by atoms with van der Waals surface area (Å²) in [6.45, 7) is 5.47. The van der Waals surface area contributed by atoms with Crippen molar-refractivity contribution in [2.24, 2.45) is 0 Å². The third kappa shape index (κ3) is 4.05. The Kier molecular flexibility index (Phi) is 4.99. The van der Waals surface area contributed by atoms with E-state index in [1.54, 1.807) is 6.08 Å². The summed E-state index contributed by atoms with van der Waals surface area (Å²) in [7, 11) is 0. The lowest BCUT2D eigenvalue weighted by Crippen LogP contribution is -2.34. The first-order valence-electron chi connectivity index (χ1n) is 8.42. The van der Waals surface area contributed by atoms with Gasteiger partial charge in [0.25, 0.3) is 0 Å². The van der Waals surface area contributed by atoms with Gasteiger partial charge in [0.15, 0.2) is 0 Å². The van der Waals surface area contributed by atoms with Gasteiger partial charge < -0.3 is 9.64 Å². The van der Waals surface area contributed by atoms with Gasteiger partial charge in [-0.3, -0.25) is 4.79 Å². The van der Waals surface area contributed by atoms with Crippen LogP contribution in [-0.4, -0.2) is 23.5 Å². The van der Waals surface area contributed by atoms with Crippen molar-refractivity contribution in [2.45, 2.75) is 32.9 Å². The van der Waals surface area contributed by atoms with Gasteiger partial charge in [-0.2, -0.15) is 0 Å². The Bertz CT molecular complexity index is 749. The van der Waals surface area contributed by atoms with Crippen molar-refractivity contribution in [3.63, 3.8) is 0 Å². The number of nitrogens with zero attached hydrogens (tertiary/aromatic N) is 1. The van der Waals surface area contributed by atoms with E-state index in [1.807, 2.05) is 55.2 Å². The average molecular weight is 321 g/mol. The van der Waals surface area contributed by atoms with Gasteiger partial charge in [0, 0.05) is 19.2 Å². The summed E-state index contributed by atoms with van der Waals surface area (Å²) in [6, 6.07) is 16.1. The molecule has 0 spiro atoms. The molecule has 3 heteroatoms. The summed E-state index contributed by atoms with van der Waals surface area (Å²) < 4.78 is 5.69. The van der Waals surface area contributed by atoms with Gasteiger partial charge >= 0.3 is 0 Å². The standard InChI is InChI=1S/C21H23NO2/c1-16(2)24-20-9-5-6-17(14-20)10-11-21(23)22-13-12-18-7-3-4-8-19(18)15-22/h3-11,14,16H,12-13,15H2,1-2H3/b11-10+. The minimum absolute atomic E-state index is 0.0553. The van der Waals surface area contributed by atoms with E-state index in [2.05, 4.69) is 18.2 Å². The number of fused-ring (bicyclic) bond motifs is 1. The predicted octanol–water partition coefficient (Wildman–Crippen LogP) is 4.07. The van der Waals surface area contributed by atoms with Crippen LogP contribution < -0.4 is 4.74 Å². The first-order chi connectivity index (χ1) is 11.6. The number of carbonyl (C=O) groups is 1. The molecule has 2 aromatic rings. The Morgan fingerprint density at radius 1 is 1.12 bits per heavy atom. The lowest BCUT2D eigenvalue weighted by atomic mass is 10.00. The van der Waals surface area contributed by atoms with Gasteiger partial charge in [-0.1, -0.05) is 36.4 Å². The predicted molar refractivity (Wildman–Crippen MR) is 96.8 cm³/mol. The van der Waals surface area contributed by atoms with Crippen LogP contribution in [0.15, 0.2) is 54.6 Å². The lowest BCUT2D eigenvalue weighted by Gasteiger charge is -2.27. The summed E-state index contributed by atoms with van der Waals surface area (Å²) in [4.78, 5) is 14.3. The van der Waals surface area contributed by atoms with E-state index < -0.39 is 0 Å². The molecule has 0 N–H and O–H groups in total. The van der Waals surface area contributed by atoms with Crippen molar-refractivity contribution in [1.82, 2.24) is 4.90 Å². The van der Waals surface area contributed by atoms with Gasteiger partial charge in [-0.15, -0.1) is 0 Å². The zero-order valence-electron chi connectivity index (χ0n) is 14.2. The largest absolute Gasteiger partial charge is 0.491 e. The number of hydrogen-bond acceptors (Lipinski definition) is 2. The molecular formula is C21H23NO2. The third-order valence-electron chi connectivity index (χ3n) is 4.09. The van der Waals surface area contributed by atoms with Crippen LogP contribution >= 0.6 is 0 Å². The molecule has 1 heterocycles. The highest BCUT2D eigenvalue weighted by Crippen LogP contribution is 2.19. The summed E-state index contributed by atoms with van der Waals surface area (Å²) in [5, 5.41) is 0. The zero-order chi connectivity index (χ0) is 16.9. The van der Waals surface area contributed by atoms with Crippen LogP contribution in [0, 0.1) is 0 Å². The SMILES string of the molecule is CC(C)Oc1cccc(/C=C/C(=O)N2CCc3ccccc3C2)c1. The summed E-state index contributed by atoms with van der Waals surface area (Å²) >= 11 is 0. The monoisotopic (exact) mass is 321 g/mol. The normalized spacial score (nSPS) is 14.0. The van der Waals surface area contributed by atoms with Crippen LogP contribution in [0.5, 0.6) is 5.75 Å². The molecule has 1 aliphatic rings. The molecule has 3 rings (SSSR count). The van der Waals surface area contributed by atoms with Crippen molar-refractivity contribution in [2.75, 3.05) is 6.54 Å². The number of benzene rings is 2. The van der Waals surface area contributed by atoms with Gasteiger partial charge in [0.2, 0.25) is 5.91 Å². The van der Waals surface area contributed by atoms with E-state index in [-0.39, 0.29) is 12.0 Å². The van der Waals surface area contributed by atoms with Gasteiger partial charge in [-0.25, -0.2) is 0 Å². The van der Waals surface area contributed by atoms with Crippen molar-refractivity contribution >= 4 is 12.0 Å². The topological polar surface area (TPSA) is 29.5 Å². The molecule has 0 unspecified atom stereocenters. The highest BCUT2D eigenvalue weighted by atomic mass is 16.5. The zero-order valence-corrected chi connectivity index (χ0v) is 14.2. The molecule has 2 aromatic carbocycles. The maximum atomic E-state index is 12.5. The molecular weight excluding hydrogens is 298 g/mol. The fraction of sp³-hybridized carbons (Fsp3) is 0.286. The Morgan fingerprint density at radius 2 is 1.92 bits per heavy atom. The second kappa shape index (κ2) is 7.35. The minimum Gasteiger partial charge on any atom is -0.491 e. The fourth-order valence-electron chi connectivity index (χ4n) is 2.92. The van der Waals surface area contributed by atoms with Crippen LogP contribution in [0.4, 0.5) is 0 Å². The maximum Gasteiger partial charge on any atom is 0.246 e. The van der Waals surface area contributed by atoms with Crippen LogP contribution in [-0.2, 0) is 17.8 Å². The van der Waals surface area contributed by atoms with Crippen LogP contribution in [0.1, 0.15) is 30.5 Å². The molecule has 0 atom stereocenters. The molecule has 0 aliphatic carbocycles. The summed E-state index contributed by atoms with van der Waals surface area (Å²) in [5.41, 5.74) is 3.57. The molecule has 124 valence electrons. The molecule has 0 aromatic heterocycles. The first-order valence-corrected chi connectivity index (χ1v) is 8.42. The molecule has 0 saturated carbocycles. The second-order valence-electron chi connectivity index (χ2n) is 6.35. The van der Waals surface area contributed by atoms with Crippen LogP contribution in [0.25, 0.3) is 6.08 Å². The minimum atomic E-state index is 0.0553. The molecule has 0 bridgehead atoms. The quantitative estimate of drug-likeness (QED) is 0.794. The molecule has 0 radical (unpaired) electrons. The van der Waals surface area contributed by atoms with E-state index in [4.69, 9.17) is 4.74 Å². The van der Waals surface area contributed by atoms with Crippen molar-refractivity contribution in [3.05, 3.63) is 71.3 Å². The number of ether oxygens (including phenoxy) is 1. The van der Waals surface area contributed by atoms with Crippen LogP contribution in [0.3, 0.4) is 0 Å². The van der Waals surface area contributed by atoms with Crippen molar-refractivity contribution < 1.29 is 9.53 Å². The molecule has 0 saturated heterocycles. The molecule has 1 amide bonds. The summed E-state index contributed by atoms with van der Waals surface area (Å²) in [6.07, 6.45) is 4.57. The Balaban J connectivity index is 1.66. The molecule has 24 heavy (non-hydrogen) atoms. The van der Waals surface area contributed by atoms with Gasteiger partial charge in [-0.05, 0) is 55.2 Å². The Hall–Kier alpha value is -2.55. The lowest BCUT2D eigenvalue weighted by molar-refractivity contribution is -0.126. The molecule has 1 aliphatic heterocycles. The third-order valence-corrected chi connectivity index (χ3v) is 4.09. The summed E-state index contributed by atoms with van der Waals surface area (Å²) in [5.74, 6) is 0.881. The van der Waals surface area contributed by atoms with Gasteiger partial charge in [0.1, 0.15) is 5.75 Å². The van der Waals surface area contributed by atoms with Crippen molar-refractivity contribution in [3.8, 4) is 5.75 Å². The number of hydrogen-bond donors (Lipinski definition) is 0. The number of carbonyl (C=O) groups excluding carboxylic acids is 1. The average Bonchev–Trinajstić information content (AvgIpc) is 2.59. The second-order valence-corrected chi connectivity index (χ2v) is 6.35. The highest BCUT2D eigenvalue weighted by molar-refractivity contribution is 5.92. The molecule has 3 nitrogen and oxygen atoms in total. The van der Waals surface area contributed by atoms with Crippen molar-refractivity contribution in [1.29, 1.82) is 0 Å². The molecule has 0 fully saturated rings. The van der Waals surface area contributed by atoms with E-state index in [1.165, 1.54) is 11.1 Å². The Labute approximate surface area is 143 Å². The number of amides is 1.